The molecule has 3 N–H and O–H groups in total. The van der Waals surface area contributed by atoms with Gasteiger partial charge in [-0.25, -0.2) is 9.07 Å². The molecule has 2 aliphatic rings. The van der Waals surface area contributed by atoms with Gasteiger partial charge in [0.1, 0.15) is 47.6 Å². The topological polar surface area (TPSA) is 114 Å². The standard InChI is InChI=1S/C18H22FN5O4S/c1-2-20-18-21-14-16(26)15(25)13(28-17(14)29-18)8-24-7-11(22-23-24)9-27-12-5-3-10(19)4-6-12/h3-7,13-17,25-26H,2,8-9H2,1H3,(H,20,21)/t13-,14-,15-,16-,17-/m1/s1. The summed E-state index contributed by atoms with van der Waals surface area (Å²) in [5.41, 5.74) is 0.237. The van der Waals surface area contributed by atoms with Crippen molar-refractivity contribution in [2.24, 2.45) is 4.99 Å². The number of aliphatic imine (C=N–C) groups is 1. The highest BCUT2D eigenvalue weighted by Crippen LogP contribution is 2.34. The molecule has 3 heterocycles. The van der Waals surface area contributed by atoms with Crippen LogP contribution in [-0.4, -0.2) is 66.7 Å². The van der Waals surface area contributed by atoms with E-state index in [0.717, 1.165) is 0 Å². The SMILES string of the molecule is CCN=C1N[C@@H]2[C@@H](O)[C@H](O)[C@@H](Cn3cc(COc4ccc(F)cc4)nn3)O[C@@H]2S1. The Morgan fingerprint density at radius 3 is 2.86 bits per heavy atom. The lowest BCUT2D eigenvalue weighted by atomic mass is 9.98. The molecule has 0 spiro atoms. The number of thioether (sulfide) groups is 1. The Morgan fingerprint density at radius 2 is 2.10 bits per heavy atom. The molecule has 0 amide bonds. The van der Waals surface area contributed by atoms with Gasteiger partial charge in [0.05, 0.1) is 18.8 Å². The molecule has 2 fully saturated rings. The molecule has 29 heavy (non-hydrogen) atoms. The number of hydrogen-bond acceptors (Lipinski definition) is 8. The number of fused-ring (bicyclic) bond motifs is 1. The van der Waals surface area contributed by atoms with Crippen molar-refractivity contribution in [1.82, 2.24) is 20.3 Å². The smallest absolute Gasteiger partial charge is 0.159 e. The average molecular weight is 423 g/mol. The molecule has 2 aromatic rings. The number of nitrogens with one attached hydrogen (secondary N) is 1. The molecule has 0 saturated carbocycles. The van der Waals surface area contributed by atoms with Crippen molar-refractivity contribution >= 4 is 16.9 Å². The number of aliphatic hydroxyl groups is 2. The first-order chi connectivity index (χ1) is 14.0. The molecule has 0 aliphatic carbocycles. The summed E-state index contributed by atoms with van der Waals surface area (Å²) >= 11 is 1.40. The third kappa shape index (κ3) is 4.53. The normalized spacial score (nSPS) is 30.2. The largest absolute Gasteiger partial charge is 0.487 e. The van der Waals surface area contributed by atoms with Gasteiger partial charge in [-0.05, 0) is 31.2 Å². The van der Waals surface area contributed by atoms with Crippen molar-refractivity contribution in [3.8, 4) is 5.75 Å². The summed E-state index contributed by atoms with van der Waals surface area (Å²) in [6, 6.07) is 5.30. The van der Waals surface area contributed by atoms with Crippen molar-refractivity contribution in [1.29, 1.82) is 0 Å². The minimum atomic E-state index is -1.08. The first kappa shape index (κ1) is 20.1. The van der Waals surface area contributed by atoms with Crippen molar-refractivity contribution in [2.75, 3.05) is 6.54 Å². The van der Waals surface area contributed by atoms with Gasteiger partial charge >= 0.3 is 0 Å². The van der Waals surface area contributed by atoms with Crippen molar-refractivity contribution in [3.05, 3.63) is 42.0 Å². The maximum absolute atomic E-state index is 12.9. The Labute approximate surface area is 170 Å². The molecule has 156 valence electrons. The first-order valence-electron chi connectivity index (χ1n) is 9.30. The molecule has 0 bridgehead atoms. The maximum atomic E-state index is 12.9. The molecular weight excluding hydrogens is 401 g/mol. The number of nitrogens with zero attached hydrogens (tertiary/aromatic N) is 4. The van der Waals surface area contributed by atoms with Crippen LogP contribution in [0, 0.1) is 5.82 Å². The first-order valence-corrected chi connectivity index (χ1v) is 10.2. The lowest BCUT2D eigenvalue weighted by Crippen LogP contribution is -2.59. The predicted octanol–water partition coefficient (Wildman–Crippen LogP) is 0.524. The summed E-state index contributed by atoms with van der Waals surface area (Å²) in [7, 11) is 0. The lowest BCUT2D eigenvalue weighted by molar-refractivity contribution is -0.160. The van der Waals surface area contributed by atoms with Gasteiger partial charge in [0.2, 0.25) is 0 Å². The van der Waals surface area contributed by atoms with Crippen LogP contribution in [0.4, 0.5) is 4.39 Å². The fraction of sp³-hybridized carbons (Fsp3) is 0.500. The Morgan fingerprint density at radius 1 is 1.31 bits per heavy atom. The van der Waals surface area contributed by atoms with E-state index in [-0.39, 0.29) is 24.4 Å². The number of hydrogen-bond donors (Lipinski definition) is 3. The number of ether oxygens (including phenoxy) is 2. The van der Waals surface area contributed by atoms with Crippen LogP contribution in [0.3, 0.4) is 0 Å². The molecule has 2 saturated heterocycles. The summed E-state index contributed by atoms with van der Waals surface area (Å²) in [5, 5.41) is 32.8. The van der Waals surface area contributed by atoms with Gasteiger partial charge < -0.3 is 25.0 Å². The predicted molar refractivity (Wildman–Crippen MR) is 104 cm³/mol. The average Bonchev–Trinajstić information content (AvgIpc) is 3.32. The van der Waals surface area contributed by atoms with Crippen LogP contribution in [0.2, 0.25) is 0 Å². The fourth-order valence-electron chi connectivity index (χ4n) is 3.22. The Bertz CT molecular complexity index is 864. The van der Waals surface area contributed by atoms with Crippen LogP contribution < -0.4 is 10.1 Å². The molecule has 5 atom stereocenters. The highest BCUT2D eigenvalue weighted by Gasteiger charge is 2.49. The van der Waals surface area contributed by atoms with Gasteiger partial charge in [0.25, 0.3) is 0 Å². The summed E-state index contributed by atoms with van der Waals surface area (Å²) < 4.78 is 26.0. The number of amidine groups is 1. The third-order valence-corrected chi connectivity index (χ3v) is 5.78. The molecule has 1 aromatic carbocycles. The van der Waals surface area contributed by atoms with E-state index in [4.69, 9.17) is 9.47 Å². The quantitative estimate of drug-likeness (QED) is 0.616. The van der Waals surface area contributed by atoms with Gasteiger partial charge in [-0.15, -0.1) is 5.10 Å². The third-order valence-electron chi connectivity index (χ3n) is 4.67. The summed E-state index contributed by atoms with van der Waals surface area (Å²) in [6.07, 6.45) is -1.02. The Balaban J connectivity index is 1.35. The number of benzene rings is 1. The van der Waals surface area contributed by atoms with Crippen molar-refractivity contribution in [2.45, 2.75) is 49.9 Å². The molecule has 2 aliphatic heterocycles. The zero-order chi connectivity index (χ0) is 20.4. The van der Waals surface area contributed by atoms with E-state index in [0.29, 0.717) is 23.2 Å². The minimum absolute atomic E-state index is 0.170. The van der Waals surface area contributed by atoms with Crippen LogP contribution in [0.5, 0.6) is 5.75 Å². The van der Waals surface area contributed by atoms with Crippen LogP contribution in [0.15, 0.2) is 35.5 Å². The lowest BCUT2D eigenvalue weighted by Gasteiger charge is -2.38. The van der Waals surface area contributed by atoms with Gasteiger partial charge in [0, 0.05) is 6.54 Å². The van der Waals surface area contributed by atoms with Gasteiger partial charge in [-0.3, -0.25) is 4.99 Å². The zero-order valence-electron chi connectivity index (χ0n) is 15.7. The summed E-state index contributed by atoms with van der Waals surface area (Å²) in [4.78, 5) is 4.30. The number of aromatic nitrogens is 3. The van der Waals surface area contributed by atoms with E-state index >= 15 is 0 Å². The van der Waals surface area contributed by atoms with Gasteiger partial charge in [0.15, 0.2) is 5.17 Å². The van der Waals surface area contributed by atoms with Gasteiger partial charge in [-0.2, -0.15) is 0 Å². The Kier molecular flexibility index (Phi) is 5.99. The maximum Gasteiger partial charge on any atom is 0.159 e. The fourth-order valence-corrected chi connectivity index (χ4v) is 4.42. The van der Waals surface area contributed by atoms with Crippen molar-refractivity contribution in [3.63, 3.8) is 0 Å². The van der Waals surface area contributed by atoms with Gasteiger partial charge in [-0.1, -0.05) is 17.0 Å². The zero-order valence-corrected chi connectivity index (χ0v) is 16.5. The second-order valence-electron chi connectivity index (χ2n) is 6.77. The van der Waals surface area contributed by atoms with Crippen LogP contribution >= 0.6 is 11.8 Å². The van der Waals surface area contributed by atoms with E-state index in [9.17, 15) is 14.6 Å². The second kappa shape index (κ2) is 8.66. The minimum Gasteiger partial charge on any atom is -0.487 e. The number of halogens is 1. The number of aliphatic hydroxyl groups excluding tert-OH is 2. The molecule has 9 nitrogen and oxygen atoms in total. The highest BCUT2D eigenvalue weighted by atomic mass is 32.2. The highest BCUT2D eigenvalue weighted by molar-refractivity contribution is 8.14. The monoisotopic (exact) mass is 423 g/mol. The van der Waals surface area contributed by atoms with E-state index in [1.54, 1.807) is 10.9 Å². The van der Waals surface area contributed by atoms with Crippen LogP contribution in [0.25, 0.3) is 0 Å². The van der Waals surface area contributed by atoms with E-state index in [1.165, 1.54) is 36.0 Å². The van der Waals surface area contributed by atoms with Crippen LogP contribution in [0.1, 0.15) is 12.6 Å². The van der Waals surface area contributed by atoms with Crippen LogP contribution in [-0.2, 0) is 17.9 Å². The summed E-state index contributed by atoms with van der Waals surface area (Å²) in [5.74, 6) is 0.193. The molecule has 0 radical (unpaired) electrons. The summed E-state index contributed by atoms with van der Waals surface area (Å²) in [6.45, 7) is 2.95. The number of rotatable bonds is 6. The molecule has 0 unspecified atom stereocenters. The van der Waals surface area contributed by atoms with E-state index < -0.39 is 24.4 Å². The Hall–Kier alpha value is -2.21. The molecule has 11 heteroatoms. The van der Waals surface area contributed by atoms with E-state index in [1.807, 2.05) is 6.92 Å². The van der Waals surface area contributed by atoms with E-state index in [2.05, 4.69) is 20.6 Å². The second-order valence-corrected chi connectivity index (χ2v) is 7.85. The molecule has 1 aromatic heterocycles. The van der Waals surface area contributed by atoms with Crippen molar-refractivity contribution < 1.29 is 24.1 Å². The molecular formula is C18H22FN5O4S. The molecule has 4 rings (SSSR count).